The number of nitrogens with one attached hydrogen (secondary N) is 2. The molecule has 1 unspecified atom stereocenters. The number of hydrogen-bond donors (Lipinski definition) is 2. The minimum atomic E-state index is -0.197. The molecule has 0 saturated carbocycles. The van der Waals surface area contributed by atoms with E-state index in [0.717, 1.165) is 18.4 Å². The standard InChI is InChI=1S/C16H19FN2S/c17-12-9-7-11(8-10-12)15-13-5-3-1-2-4-6-14(13)18-16(20)19-15/h7-10,15H,1-6H2,(H2,18,19,20). The largest absolute Gasteiger partial charge is 0.352 e. The molecule has 0 radical (unpaired) electrons. The lowest BCUT2D eigenvalue weighted by Crippen LogP contribution is -2.44. The van der Waals surface area contributed by atoms with Crippen molar-refractivity contribution < 1.29 is 4.39 Å². The van der Waals surface area contributed by atoms with Gasteiger partial charge in [-0.1, -0.05) is 25.0 Å². The molecule has 20 heavy (non-hydrogen) atoms. The summed E-state index contributed by atoms with van der Waals surface area (Å²) < 4.78 is 13.1. The average molecular weight is 290 g/mol. The van der Waals surface area contributed by atoms with Crippen LogP contribution >= 0.6 is 12.2 Å². The molecule has 1 aromatic carbocycles. The Hall–Kier alpha value is -1.42. The highest BCUT2D eigenvalue weighted by Gasteiger charge is 2.26. The Morgan fingerprint density at radius 3 is 2.45 bits per heavy atom. The molecule has 0 fully saturated rings. The molecule has 1 aromatic rings. The summed E-state index contributed by atoms with van der Waals surface area (Å²) in [6.07, 6.45) is 7.16. The van der Waals surface area contributed by atoms with Crippen LogP contribution in [-0.4, -0.2) is 5.11 Å². The highest BCUT2D eigenvalue weighted by Crippen LogP contribution is 2.33. The van der Waals surface area contributed by atoms with Gasteiger partial charge in [0.2, 0.25) is 0 Å². The first-order valence-corrected chi connectivity index (χ1v) is 7.70. The number of allylic oxidation sites excluding steroid dienone is 1. The molecule has 3 rings (SSSR count). The Bertz CT molecular complexity index is 536. The summed E-state index contributed by atoms with van der Waals surface area (Å²) in [6, 6.07) is 6.84. The molecule has 0 spiro atoms. The molecule has 0 saturated heterocycles. The van der Waals surface area contributed by atoms with Gasteiger partial charge in [-0.25, -0.2) is 4.39 Å². The van der Waals surface area contributed by atoms with E-state index in [4.69, 9.17) is 12.2 Å². The van der Waals surface area contributed by atoms with Crippen molar-refractivity contribution >= 4 is 17.3 Å². The first kappa shape index (κ1) is 13.6. The number of benzene rings is 1. The van der Waals surface area contributed by atoms with Crippen LogP contribution in [0.3, 0.4) is 0 Å². The zero-order chi connectivity index (χ0) is 13.9. The van der Waals surface area contributed by atoms with Crippen molar-refractivity contribution in [3.05, 3.63) is 46.9 Å². The first-order chi connectivity index (χ1) is 9.74. The van der Waals surface area contributed by atoms with Crippen LogP contribution in [0.4, 0.5) is 4.39 Å². The van der Waals surface area contributed by atoms with Gasteiger partial charge in [-0.15, -0.1) is 0 Å². The fourth-order valence-corrected chi connectivity index (χ4v) is 3.32. The summed E-state index contributed by atoms with van der Waals surface area (Å²) in [5, 5.41) is 7.34. The summed E-state index contributed by atoms with van der Waals surface area (Å²) in [5.74, 6) is -0.197. The number of halogens is 1. The van der Waals surface area contributed by atoms with Crippen molar-refractivity contribution in [1.29, 1.82) is 0 Å². The van der Waals surface area contributed by atoms with Crippen LogP contribution in [0.15, 0.2) is 35.5 Å². The van der Waals surface area contributed by atoms with Gasteiger partial charge in [-0.05, 0) is 61.2 Å². The number of rotatable bonds is 1. The first-order valence-electron chi connectivity index (χ1n) is 7.29. The second-order valence-corrected chi connectivity index (χ2v) is 5.91. The van der Waals surface area contributed by atoms with Crippen LogP contribution in [-0.2, 0) is 0 Å². The van der Waals surface area contributed by atoms with Crippen LogP contribution in [0.25, 0.3) is 0 Å². The normalized spacial score (nSPS) is 23.2. The Labute approximate surface area is 124 Å². The van der Waals surface area contributed by atoms with Crippen molar-refractivity contribution in [2.75, 3.05) is 0 Å². The zero-order valence-corrected chi connectivity index (χ0v) is 12.2. The van der Waals surface area contributed by atoms with Crippen LogP contribution in [0.2, 0.25) is 0 Å². The lowest BCUT2D eigenvalue weighted by Gasteiger charge is -2.33. The third-order valence-corrected chi connectivity index (χ3v) is 4.32. The fraction of sp³-hybridized carbons (Fsp3) is 0.438. The second-order valence-electron chi connectivity index (χ2n) is 5.50. The second kappa shape index (κ2) is 5.92. The summed E-state index contributed by atoms with van der Waals surface area (Å²) >= 11 is 5.32. The van der Waals surface area contributed by atoms with Crippen LogP contribution in [0.5, 0.6) is 0 Å². The molecular formula is C16H19FN2S. The van der Waals surface area contributed by atoms with Crippen molar-refractivity contribution in [2.24, 2.45) is 0 Å². The summed E-state index contributed by atoms with van der Waals surface area (Å²) in [6.45, 7) is 0. The molecular weight excluding hydrogens is 271 g/mol. The Balaban J connectivity index is 1.96. The van der Waals surface area contributed by atoms with Gasteiger partial charge in [-0.3, -0.25) is 0 Å². The van der Waals surface area contributed by atoms with Gasteiger partial charge in [0, 0.05) is 5.70 Å². The Morgan fingerprint density at radius 1 is 1.00 bits per heavy atom. The van der Waals surface area contributed by atoms with E-state index in [1.165, 1.54) is 49.1 Å². The van der Waals surface area contributed by atoms with E-state index < -0.39 is 0 Å². The predicted molar refractivity (Wildman–Crippen MR) is 82.7 cm³/mol. The van der Waals surface area contributed by atoms with Gasteiger partial charge >= 0.3 is 0 Å². The molecule has 0 amide bonds. The van der Waals surface area contributed by atoms with E-state index in [2.05, 4.69) is 10.6 Å². The lowest BCUT2D eigenvalue weighted by atomic mass is 9.88. The van der Waals surface area contributed by atoms with E-state index in [1.54, 1.807) is 0 Å². The van der Waals surface area contributed by atoms with Gasteiger partial charge in [0.25, 0.3) is 0 Å². The van der Waals surface area contributed by atoms with Crippen LogP contribution < -0.4 is 10.6 Å². The van der Waals surface area contributed by atoms with Crippen LogP contribution in [0, 0.1) is 5.82 Å². The number of hydrogen-bond acceptors (Lipinski definition) is 1. The van der Waals surface area contributed by atoms with Gasteiger partial charge in [0.15, 0.2) is 5.11 Å². The van der Waals surface area contributed by atoms with Crippen molar-refractivity contribution in [2.45, 2.75) is 44.6 Å². The summed E-state index contributed by atoms with van der Waals surface area (Å²) in [7, 11) is 0. The third-order valence-electron chi connectivity index (χ3n) is 4.10. The fourth-order valence-electron chi connectivity index (χ4n) is 3.07. The molecule has 2 aliphatic rings. The highest BCUT2D eigenvalue weighted by atomic mass is 32.1. The number of thiocarbonyl (C=S) groups is 1. The topological polar surface area (TPSA) is 24.1 Å². The van der Waals surface area contributed by atoms with Crippen molar-refractivity contribution in [3.8, 4) is 0 Å². The van der Waals surface area contributed by atoms with Gasteiger partial charge in [-0.2, -0.15) is 0 Å². The summed E-state index contributed by atoms with van der Waals surface area (Å²) in [5.41, 5.74) is 3.76. The molecule has 1 heterocycles. The maximum absolute atomic E-state index is 13.1. The van der Waals surface area contributed by atoms with E-state index in [0.29, 0.717) is 5.11 Å². The lowest BCUT2D eigenvalue weighted by molar-refractivity contribution is 0.548. The van der Waals surface area contributed by atoms with E-state index in [9.17, 15) is 4.39 Å². The van der Waals surface area contributed by atoms with Gasteiger partial charge in [0.1, 0.15) is 5.82 Å². The molecule has 106 valence electrons. The summed E-state index contributed by atoms with van der Waals surface area (Å²) in [4.78, 5) is 0. The molecule has 0 bridgehead atoms. The van der Waals surface area contributed by atoms with E-state index >= 15 is 0 Å². The third kappa shape index (κ3) is 2.85. The highest BCUT2D eigenvalue weighted by molar-refractivity contribution is 7.80. The molecule has 1 aliphatic carbocycles. The van der Waals surface area contributed by atoms with Crippen LogP contribution in [0.1, 0.15) is 50.1 Å². The van der Waals surface area contributed by atoms with Gasteiger partial charge < -0.3 is 10.6 Å². The smallest absolute Gasteiger partial charge is 0.171 e. The minimum Gasteiger partial charge on any atom is -0.352 e. The molecule has 2 nitrogen and oxygen atoms in total. The maximum atomic E-state index is 13.1. The minimum absolute atomic E-state index is 0.0949. The molecule has 1 atom stereocenters. The van der Waals surface area contributed by atoms with Crippen molar-refractivity contribution in [1.82, 2.24) is 10.6 Å². The quantitative estimate of drug-likeness (QED) is 0.766. The van der Waals surface area contributed by atoms with E-state index in [1.807, 2.05) is 12.1 Å². The molecule has 0 aromatic heterocycles. The van der Waals surface area contributed by atoms with Gasteiger partial charge in [0.05, 0.1) is 6.04 Å². The molecule has 1 aliphatic heterocycles. The maximum Gasteiger partial charge on any atom is 0.171 e. The zero-order valence-electron chi connectivity index (χ0n) is 11.4. The molecule has 2 N–H and O–H groups in total. The Kier molecular flexibility index (Phi) is 4.01. The van der Waals surface area contributed by atoms with E-state index in [-0.39, 0.29) is 11.9 Å². The molecule has 4 heteroatoms. The monoisotopic (exact) mass is 290 g/mol. The Morgan fingerprint density at radius 2 is 1.70 bits per heavy atom. The predicted octanol–water partition coefficient (Wildman–Crippen LogP) is 3.95. The average Bonchev–Trinajstić information content (AvgIpc) is 2.41. The van der Waals surface area contributed by atoms with Crippen molar-refractivity contribution in [3.63, 3.8) is 0 Å². The SMILES string of the molecule is Fc1ccc(C2NC(=S)NC3=C2CCCCCC3)cc1.